The van der Waals surface area contributed by atoms with Crippen LogP contribution in [0.3, 0.4) is 0 Å². The molecular weight excluding hydrogens is 188 g/mol. The van der Waals surface area contributed by atoms with E-state index in [2.05, 4.69) is 31.8 Å². The molecular formula is C12H17OSi. The molecule has 75 valence electrons. The fourth-order valence-electron chi connectivity index (χ4n) is 1.40. The predicted molar refractivity (Wildman–Crippen MR) is 64.8 cm³/mol. The molecule has 14 heavy (non-hydrogen) atoms. The van der Waals surface area contributed by atoms with Gasteiger partial charge in [0.1, 0.15) is 5.75 Å². The lowest BCUT2D eigenvalue weighted by Gasteiger charge is -2.11. The van der Waals surface area contributed by atoms with Crippen LogP contribution < -0.4 is 9.92 Å². The van der Waals surface area contributed by atoms with Crippen LogP contribution in [-0.2, 0) is 0 Å². The SMILES string of the molecule is C=Cc1ccc(OCC)cc1[Si](C)C. The zero-order chi connectivity index (χ0) is 10.6. The summed E-state index contributed by atoms with van der Waals surface area (Å²) in [5, 5.41) is 1.40. The first-order valence-corrected chi connectivity index (χ1v) is 7.38. The van der Waals surface area contributed by atoms with Crippen molar-refractivity contribution in [3.8, 4) is 5.75 Å². The summed E-state index contributed by atoms with van der Waals surface area (Å²) in [6.07, 6.45) is 1.92. The normalized spacial score (nSPS) is 10.3. The highest BCUT2D eigenvalue weighted by molar-refractivity contribution is 6.71. The highest BCUT2D eigenvalue weighted by Gasteiger charge is 2.07. The standard InChI is InChI=1S/C12H17OSi/c1-5-10-7-8-11(13-6-2)9-12(10)14(3)4/h5,7-9H,1,6H2,2-4H3. The van der Waals surface area contributed by atoms with Crippen LogP contribution in [-0.4, -0.2) is 15.4 Å². The second-order valence-corrected chi connectivity index (χ2v) is 5.92. The molecule has 0 saturated carbocycles. The van der Waals surface area contributed by atoms with Gasteiger partial charge >= 0.3 is 0 Å². The van der Waals surface area contributed by atoms with E-state index in [0.29, 0.717) is 0 Å². The van der Waals surface area contributed by atoms with E-state index >= 15 is 0 Å². The summed E-state index contributed by atoms with van der Waals surface area (Å²) in [7, 11) is -0.445. The van der Waals surface area contributed by atoms with Crippen LogP contribution in [0.15, 0.2) is 24.8 Å². The van der Waals surface area contributed by atoms with E-state index in [1.165, 1.54) is 10.8 Å². The van der Waals surface area contributed by atoms with Crippen LogP contribution in [0.1, 0.15) is 12.5 Å². The van der Waals surface area contributed by atoms with Crippen LogP contribution >= 0.6 is 0 Å². The molecule has 0 aliphatic rings. The van der Waals surface area contributed by atoms with Gasteiger partial charge in [0.2, 0.25) is 0 Å². The third-order valence-corrected chi connectivity index (χ3v) is 3.60. The maximum atomic E-state index is 5.48. The summed E-state index contributed by atoms with van der Waals surface area (Å²) in [4.78, 5) is 0. The van der Waals surface area contributed by atoms with Gasteiger partial charge in [-0.15, -0.1) is 0 Å². The van der Waals surface area contributed by atoms with Crippen LogP contribution in [0.5, 0.6) is 5.75 Å². The summed E-state index contributed by atoms with van der Waals surface area (Å²) in [5.41, 5.74) is 1.24. The zero-order valence-electron chi connectivity index (χ0n) is 9.13. The van der Waals surface area contributed by atoms with Crippen molar-refractivity contribution >= 4 is 20.1 Å². The highest BCUT2D eigenvalue weighted by atomic mass is 28.3. The third-order valence-electron chi connectivity index (χ3n) is 2.09. The van der Waals surface area contributed by atoms with Gasteiger partial charge in [-0.1, -0.05) is 37.0 Å². The van der Waals surface area contributed by atoms with Crippen molar-refractivity contribution in [2.45, 2.75) is 20.0 Å². The Kier molecular flexibility index (Phi) is 3.95. The van der Waals surface area contributed by atoms with E-state index in [1.54, 1.807) is 0 Å². The molecule has 0 heterocycles. The Labute approximate surface area is 88.0 Å². The Bertz CT molecular complexity index is 318. The van der Waals surface area contributed by atoms with E-state index in [1.807, 2.05) is 19.1 Å². The zero-order valence-corrected chi connectivity index (χ0v) is 10.1. The van der Waals surface area contributed by atoms with Crippen molar-refractivity contribution < 1.29 is 4.74 Å². The quantitative estimate of drug-likeness (QED) is 0.687. The van der Waals surface area contributed by atoms with Gasteiger partial charge in [-0.3, -0.25) is 0 Å². The molecule has 1 radical (unpaired) electrons. The monoisotopic (exact) mass is 205 g/mol. The molecule has 0 aliphatic carbocycles. The lowest BCUT2D eigenvalue weighted by Crippen LogP contribution is -2.25. The largest absolute Gasteiger partial charge is 0.494 e. The van der Waals surface area contributed by atoms with Gasteiger partial charge in [-0.05, 0) is 24.6 Å². The molecule has 0 bridgehead atoms. The van der Waals surface area contributed by atoms with Crippen molar-refractivity contribution in [1.82, 2.24) is 0 Å². The van der Waals surface area contributed by atoms with Crippen LogP contribution in [0.2, 0.25) is 13.1 Å². The van der Waals surface area contributed by atoms with Crippen molar-refractivity contribution in [3.63, 3.8) is 0 Å². The maximum Gasteiger partial charge on any atom is 0.119 e. The van der Waals surface area contributed by atoms with Gasteiger partial charge in [0.05, 0.1) is 15.4 Å². The second kappa shape index (κ2) is 5.01. The topological polar surface area (TPSA) is 9.23 Å². The average molecular weight is 205 g/mol. The van der Waals surface area contributed by atoms with E-state index in [4.69, 9.17) is 4.74 Å². The first kappa shape index (κ1) is 11.1. The highest BCUT2D eigenvalue weighted by Crippen LogP contribution is 2.12. The Balaban J connectivity index is 3.07. The van der Waals surface area contributed by atoms with Gasteiger partial charge in [0, 0.05) is 0 Å². The molecule has 1 nitrogen and oxygen atoms in total. The summed E-state index contributed by atoms with van der Waals surface area (Å²) < 4.78 is 5.48. The Morgan fingerprint density at radius 1 is 1.43 bits per heavy atom. The molecule has 2 heteroatoms. The first-order chi connectivity index (χ1) is 6.69. The van der Waals surface area contributed by atoms with E-state index in [9.17, 15) is 0 Å². The number of benzene rings is 1. The van der Waals surface area contributed by atoms with E-state index in [-0.39, 0.29) is 0 Å². The molecule has 0 unspecified atom stereocenters. The van der Waals surface area contributed by atoms with Crippen molar-refractivity contribution in [1.29, 1.82) is 0 Å². The van der Waals surface area contributed by atoms with Gasteiger partial charge in [0.15, 0.2) is 0 Å². The average Bonchev–Trinajstić information content (AvgIpc) is 2.18. The fraction of sp³-hybridized carbons (Fsp3) is 0.333. The molecule has 0 amide bonds. The molecule has 0 spiro atoms. The van der Waals surface area contributed by atoms with Crippen molar-refractivity contribution in [2.24, 2.45) is 0 Å². The molecule has 0 atom stereocenters. The molecule has 0 aromatic heterocycles. The minimum Gasteiger partial charge on any atom is -0.494 e. The number of ether oxygens (including phenoxy) is 1. The van der Waals surface area contributed by atoms with Crippen molar-refractivity contribution in [3.05, 3.63) is 30.3 Å². The number of rotatable bonds is 4. The Morgan fingerprint density at radius 2 is 2.14 bits per heavy atom. The summed E-state index contributed by atoms with van der Waals surface area (Å²) in [6, 6.07) is 6.24. The van der Waals surface area contributed by atoms with Crippen LogP contribution in [0, 0.1) is 0 Å². The molecule has 0 aliphatic heterocycles. The molecule has 0 fully saturated rings. The number of hydrogen-bond acceptors (Lipinski definition) is 1. The van der Waals surface area contributed by atoms with Gasteiger partial charge in [0.25, 0.3) is 0 Å². The third kappa shape index (κ3) is 2.48. The Hall–Kier alpha value is -1.02. The van der Waals surface area contributed by atoms with E-state index in [0.717, 1.165) is 12.4 Å². The molecule has 1 rings (SSSR count). The maximum absolute atomic E-state index is 5.48. The van der Waals surface area contributed by atoms with Gasteiger partial charge in [-0.25, -0.2) is 0 Å². The first-order valence-electron chi connectivity index (χ1n) is 4.88. The molecule has 0 saturated heterocycles. The predicted octanol–water partition coefficient (Wildman–Crippen LogP) is 2.69. The van der Waals surface area contributed by atoms with Crippen LogP contribution in [0.25, 0.3) is 6.08 Å². The second-order valence-electron chi connectivity index (χ2n) is 3.39. The Morgan fingerprint density at radius 3 is 2.64 bits per heavy atom. The lowest BCUT2D eigenvalue weighted by atomic mass is 10.2. The molecule has 1 aromatic carbocycles. The smallest absolute Gasteiger partial charge is 0.119 e. The van der Waals surface area contributed by atoms with Gasteiger partial charge < -0.3 is 4.74 Å². The van der Waals surface area contributed by atoms with Gasteiger partial charge in [-0.2, -0.15) is 0 Å². The minimum absolute atomic E-state index is 0.445. The van der Waals surface area contributed by atoms with Crippen LogP contribution in [0.4, 0.5) is 0 Å². The molecule has 0 N–H and O–H groups in total. The minimum atomic E-state index is -0.445. The lowest BCUT2D eigenvalue weighted by molar-refractivity contribution is 0.340. The number of hydrogen-bond donors (Lipinski definition) is 0. The summed E-state index contributed by atoms with van der Waals surface area (Å²) in [6.45, 7) is 11.1. The van der Waals surface area contributed by atoms with Crippen molar-refractivity contribution in [2.75, 3.05) is 6.61 Å². The summed E-state index contributed by atoms with van der Waals surface area (Å²) >= 11 is 0. The summed E-state index contributed by atoms with van der Waals surface area (Å²) in [5.74, 6) is 0.972. The van der Waals surface area contributed by atoms with E-state index < -0.39 is 8.80 Å². The fourth-order valence-corrected chi connectivity index (χ4v) is 2.60. The molecule has 1 aromatic rings.